The number of rotatable bonds is 3. The minimum atomic E-state index is -4.36. The Morgan fingerprint density at radius 1 is 1.28 bits per heavy atom. The van der Waals surface area contributed by atoms with Crippen molar-refractivity contribution in [3.8, 4) is 0 Å². The van der Waals surface area contributed by atoms with E-state index in [1.165, 1.54) is 12.1 Å². The van der Waals surface area contributed by atoms with E-state index in [0.717, 1.165) is 25.0 Å². The summed E-state index contributed by atoms with van der Waals surface area (Å²) in [6.07, 6.45) is -2.15. The summed E-state index contributed by atoms with van der Waals surface area (Å²) in [5, 5.41) is 2.80. The average Bonchev–Trinajstić information content (AvgIpc) is 3.11. The molecule has 1 saturated carbocycles. The molecule has 1 N–H and O–H groups in total. The highest BCUT2D eigenvalue weighted by Gasteiger charge is 2.31. The number of benzene rings is 1. The molecule has 1 fully saturated rings. The van der Waals surface area contributed by atoms with E-state index in [1.54, 1.807) is 0 Å². The Balaban J connectivity index is 2.02. The maximum absolute atomic E-state index is 12.3. The molecule has 98 valence electrons. The summed E-state index contributed by atoms with van der Waals surface area (Å²) < 4.78 is 37.0. The molecule has 5 heteroatoms. The zero-order chi connectivity index (χ0) is 13.3. The van der Waals surface area contributed by atoms with Crippen LogP contribution in [0, 0.1) is 5.92 Å². The van der Waals surface area contributed by atoms with Crippen LogP contribution in [0.2, 0.25) is 0 Å². The number of hydrogen-bond donors (Lipinski definition) is 1. The van der Waals surface area contributed by atoms with Gasteiger partial charge in [-0.05, 0) is 49.9 Å². The number of carbonyl (C=O) groups excluding carboxylic acids is 1. The van der Waals surface area contributed by atoms with Crippen molar-refractivity contribution in [3.05, 3.63) is 35.4 Å². The molecule has 1 atom stereocenters. The molecule has 2 nitrogen and oxygen atoms in total. The first-order valence-corrected chi connectivity index (χ1v) is 5.86. The fourth-order valence-corrected chi connectivity index (χ4v) is 1.81. The van der Waals surface area contributed by atoms with Gasteiger partial charge >= 0.3 is 6.18 Å². The molecule has 18 heavy (non-hydrogen) atoms. The van der Waals surface area contributed by atoms with Crippen molar-refractivity contribution in [2.75, 3.05) is 0 Å². The summed E-state index contributed by atoms with van der Waals surface area (Å²) in [5.74, 6) is 0.200. The maximum Gasteiger partial charge on any atom is 0.416 e. The molecule has 0 bridgehead atoms. The Kier molecular flexibility index (Phi) is 3.32. The molecule has 0 spiro atoms. The third kappa shape index (κ3) is 3.03. The third-order valence-corrected chi connectivity index (χ3v) is 3.16. The minimum Gasteiger partial charge on any atom is -0.349 e. The Labute approximate surface area is 103 Å². The van der Waals surface area contributed by atoms with Gasteiger partial charge in [-0.1, -0.05) is 0 Å². The van der Waals surface area contributed by atoms with E-state index in [4.69, 9.17) is 0 Å². The number of halogens is 3. The lowest BCUT2D eigenvalue weighted by Gasteiger charge is -2.13. The molecule has 1 amide bonds. The van der Waals surface area contributed by atoms with E-state index >= 15 is 0 Å². The maximum atomic E-state index is 12.3. The average molecular weight is 257 g/mol. The van der Waals surface area contributed by atoms with Crippen LogP contribution in [-0.4, -0.2) is 11.9 Å². The molecular weight excluding hydrogens is 243 g/mol. The van der Waals surface area contributed by atoms with Crippen LogP contribution >= 0.6 is 0 Å². The lowest BCUT2D eigenvalue weighted by molar-refractivity contribution is -0.137. The summed E-state index contributed by atoms with van der Waals surface area (Å²) in [6.45, 7) is 1.92. The van der Waals surface area contributed by atoms with E-state index < -0.39 is 11.7 Å². The number of nitrogens with one attached hydrogen (secondary N) is 1. The topological polar surface area (TPSA) is 29.1 Å². The van der Waals surface area contributed by atoms with Crippen molar-refractivity contribution in [2.45, 2.75) is 32.0 Å². The van der Waals surface area contributed by atoms with E-state index in [9.17, 15) is 18.0 Å². The molecule has 1 aliphatic rings. The summed E-state index contributed by atoms with van der Waals surface area (Å²) in [4.78, 5) is 11.8. The van der Waals surface area contributed by atoms with Crippen molar-refractivity contribution in [1.82, 2.24) is 5.32 Å². The van der Waals surface area contributed by atoms with Gasteiger partial charge in [-0.2, -0.15) is 13.2 Å². The van der Waals surface area contributed by atoms with Gasteiger partial charge in [0.1, 0.15) is 0 Å². The van der Waals surface area contributed by atoms with Crippen molar-refractivity contribution in [1.29, 1.82) is 0 Å². The van der Waals surface area contributed by atoms with Crippen LogP contribution in [0.3, 0.4) is 0 Å². The normalized spacial score (nSPS) is 17.3. The van der Waals surface area contributed by atoms with E-state index in [2.05, 4.69) is 5.32 Å². The van der Waals surface area contributed by atoms with E-state index in [-0.39, 0.29) is 17.5 Å². The first-order valence-electron chi connectivity index (χ1n) is 5.86. The molecule has 2 rings (SSSR count). The van der Waals surface area contributed by atoms with Crippen LogP contribution < -0.4 is 5.32 Å². The highest BCUT2D eigenvalue weighted by Crippen LogP contribution is 2.32. The monoisotopic (exact) mass is 257 g/mol. The molecule has 0 aromatic heterocycles. The van der Waals surface area contributed by atoms with Gasteiger partial charge < -0.3 is 5.32 Å². The number of alkyl halides is 3. The van der Waals surface area contributed by atoms with Crippen LogP contribution in [0.1, 0.15) is 35.7 Å². The van der Waals surface area contributed by atoms with E-state index in [1.807, 2.05) is 6.92 Å². The Morgan fingerprint density at radius 3 is 2.28 bits per heavy atom. The molecule has 0 aliphatic heterocycles. The molecule has 0 heterocycles. The van der Waals surface area contributed by atoms with Gasteiger partial charge in [-0.25, -0.2) is 0 Å². The summed E-state index contributed by atoms with van der Waals surface area (Å²) >= 11 is 0. The molecule has 1 unspecified atom stereocenters. The smallest absolute Gasteiger partial charge is 0.349 e. The molecule has 0 radical (unpaired) electrons. The second kappa shape index (κ2) is 4.63. The summed E-state index contributed by atoms with van der Waals surface area (Å²) in [7, 11) is 0. The third-order valence-electron chi connectivity index (χ3n) is 3.16. The standard InChI is InChI=1S/C13H14F3NO/c1-8(9-2-3-9)17-12(18)10-4-6-11(7-5-10)13(14,15)16/h4-9H,2-3H2,1H3,(H,17,18). The minimum absolute atomic E-state index is 0.0831. The van der Waals surface area contributed by atoms with Crippen LogP contribution in [-0.2, 0) is 6.18 Å². The number of amides is 1. The Bertz CT molecular complexity index is 435. The molecule has 1 aliphatic carbocycles. The summed E-state index contributed by atoms with van der Waals surface area (Å²) in [5.41, 5.74) is -0.482. The fraction of sp³-hybridized carbons (Fsp3) is 0.462. The molecule has 1 aromatic carbocycles. The number of hydrogen-bond acceptors (Lipinski definition) is 1. The van der Waals surface area contributed by atoms with Gasteiger partial charge in [-0.3, -0.25) is 4.79 Å². The fourth-order valence-electron chi connectivity index (χ4n) is 1.81. The Hall–Kier alpha value is -1.52. The second-order valence-electron chi connectivity index (χ2n) is 4.67. The van der Waals surface area contributed by atoms with Crippen molar-refractivity contribution in [2.24, 2.45) is 5.92 Å². The van der Waals surface area contributed by atoms with Crippen LogP contribution in [0.4, 0.5) is 13.2 Å². The van der Waals surface area contributed by atoms with Crippen molar-refractivity contribution < 1.29 is 18.0 Å². The highest BCUT2D eigenvalue weighted by molar-refractivity contribution is 5.94. The lowest BCUT2D eigenvalue weighted by atomic mass is 10.1. The SMILES string of the molecule is CC(NC(=O)c1ccc(C(F)(F)F)cc1)C1CC1. The number of carbonyl (C=O) groups is 1. The van der Waals surface area contributed by atoms with Crippen molar-refractivity contribution in [3.63, 3.8) is 0 Å². The quantitative estimate of drug-likeness (QED) is 0.885. The zero-order valence-electron chi connectivity index (χ0n) is 9.92. The van der Waals surface area contributed by atoms with Crippen LogP contribution in [0.5, 0.6) is 0 Å². The van der Waals surface area contributed by atoms with Gasteiger partial charge in [0.25, 0.3) is 5.91 Å². The van der Waals surface area contributed by atoms with Gasteiger partial charge in [0.05, 0.1) is 5.56 Å². The van der Waals surface area contributed by atoms with Gasteiger partial charge in [0.2, 0.25) is 0 Å². The summed E-state index contributed by atoms with van der Waals surface area (Å²) in [6, 6.07) is 4.35. The first-order chi connectivity index (χ1) is 8.38. The van der Waals surface area contributed by atoms with Crippen molar-refractivity contribution >= 4 is 5.91 Å². The second-order valence-corrected chi connectivity index (χ2v) is 4.67. The van der Waals surface area contributed by atoms with Gasteiger partial charge in [-0.15, -0.1) is 0 Å². The predicted octanol–water partition coefficient (Wildman–Crippen LogP) is 3.23. The van der Waals surface area contributed by atoms with E-state index in [0.29, 0.717) is 5.92 Å². The van der Waals surface area contributed by atoms with Crippen LogP contribution in [0.15, 0.2) is 24.3 Å². The van der Waals surface area contributed by atoms with Crippen LogP contribution in [0.25, 0.3) is 0 Å². The highest BCUT2D eigenvalue weighted by atomic mass is 19.4. The molecular formula is C13H14F3NO. The lowest BCUT2D eigenvalue weighted by Crippen LogP contribution is -2.33. The Morgan fingerprint density at radius 2 is 1.83 bits per heavy atom. The molecule has 0 saturated heterocycles. The zero-order valence-corrected chi connectivity index (χ0v) is 9.92. The first kappa shape index (κ1) is 12.9. The van der Waals surface area contributed by atoms with Gasteiger partial charge in [0, 0.05) is 11.6 Å². The van der Waals surface area contributed by atoms with Gasteiger partial charge in [0.15, 0.2) is 0 Å². The largest absolute Gasteiger partial charge is 0.416 e. The molecule has 1 aromatic rings. The predicted molar refractivity (Wildman–Crippen MR) is 61.1 cm³/mol.